The number of rotatable bonds is 3. The maximum absolute atomic E-state index is 6.34. The average molecular weight is 577 g/mol. The normalized spacial score (nSPS) is 12.3. The van der Waals surface area contributed by atoms with Crippen molar-refractivity contribution in [3.63, 3.8) is 0 Å². The standard InChI is InChI=1S/C44H32O/c1-44(2,3)32-21-15-28(16-22-32)34-24-18-31-19-25-37-33(23-17-30-20-26-38(34)42(31)41(30)37)27-11-13-29(14-12-27)35-8-6-9-39-36-7-4-5-10-40(36)45-43(35)39/h4-26H,1-3H3. The average Bonchev–Trinajstić information content (AvgIpc) is 3.46. The van der Waals surface area contributed by atoms with Crippen molar-refractivity contribution >= 4 is 54.3 Å². The largest absolute Gasteiger partial charge is 0.455 e. The van der Waals surface area contributed by atoms with Gasteiger partial charge >= 0.3 is 0 Å². The highest BCUT2D eigenvalue weighted by Gasteiger charge is 2.17. The highest BCUT2D eigenvalue weighted by molar-refractivity contribution is 6.27. The first-order valence-corrected chi connectivity index (χ1v) is 15.8. The molecule has 0 spiro atoms. The Hall–Kier alpha value is -5.40. The molecule has 0 radical (unpaired) electrons. The van der Waals surface area contributed by atoms with Gasteiger partial charge in [-0.25, -0.2) is 0 Å². The van der Waals surface area contributed by atoms with E-state index in [4.69, 9.17) is 4.42 Å². The van der Waals surface area contributed by atoms with Gasteiger partial charge in [-0.3, -0.25) is 0 Å². The number of hydrogen-bond acceptors (Lipinski definition) is 1. The van der Waals surface area contributed by atoms with Crippen molar-refractivity contribution in [2.24, 2.45) is 0 Å². The molecule has 0 saturated carbocycles. The molecule has 0 saturated heterocycles. The summed E-state index contributed by atoms with van der Waals surface area (Å²) in [5.41, 5.74) is 10.6. The topological polar surface area (TPSA) is 13.1 Å². The summed E-state index contributed by atoms with van der Waals surface area (Å²) < 4.78 is 6.34. The van der Waals surface area contributed by atoms with E-state index in [1.165, 1.54) is 60.1 Å². The Labute approximate surface area is 262 Å². The Morgan fingerprint density at radius 2 is 0.911 bits per heavy atom. The monoisotopic (exact) mass is 576 g/mol. The number of para-hydroxylation sites is 2. The van der Waals surface area contributed by atoms with E-state index in [0.29, 0.717) is 0 Å². The second-order valence-electron chi connectivity index (χ2n) is 13.3. The third-order valence-corrected chi connectivity index (χ3v) is 9.64. The van der Waals surface area contributed by atoms with Gasteiger partial charge in [0.15, 0.2) is 0 Å². The predicted molar refractivity (Wildman–Crippen MR) is 192 cm³/mol. The van der Waals surface area contributed by atoms with E-state index >= 15 is 0 Å². The summed E-state index contributed by atoms with van der Waals surface area (Å²) >= 11 is 0. The molecule has 214 valence electrons. The predicted octanol–water partition coefficient (Wildman–Crippen LogP) is 12.8. The van der Waals surface area contributed by atoms with Crippen LogP contribution in [-0.2, 0) is 5.41 Å². The molecule has 1 heteroatoms. The lowest BCUT2D eigenvalue weighted by Gasteiger charge is -2.20. The number of hydrogen-bond donors (Lipinski definition) is 0. The molecule has 0 atom stereocenters. The van der Waals surface area contributed by atoms with Crippen LogP contribution in [0.3, 0.4) is 0 Å². The van der Waals surface area contributed by atoms with E-state index in [0.717, 1.165) is 33.1 Å². The van der Waals surface area contributed by atoms with Crippen molar-refractivity contribution in [2.45, 2.75) is 26.2 Å². The van der Waals surface area contributed by atoms with E-state index in [9.17, 15) is 0 Å². The first-order valence-electron chi connectivity index (χ1n) is 15.8. The summed E-state index contributed by atoms with van der Waals surface area (Å²) in [6.07, 6.45) is 0. The molecule has 45 heavy (non-hydrogen) atoms. The van der Waals surface area contributed by atoms with Crippen molar-refractivity contribution in [3.8, 4) is 33.4 Å². The van der Waals surface area contributed by atoms with Gasteiger partial charge in [0.05, 0.1) is 0 Å². The molecule has 0 aliphatic carbocycles. The number of fused-ring (bicyclic) bond motifs is 3. The van der Waals surface area contributed by atoms with E-state index in [1.807, 2.05) is 12.1 Å². The van der Waals surface area contributed by atoms with Gasteiger partial charge in [-0.1, -0.05) is 154 Å². The van der Waals surface area contributed by atoms with Crippen LogP contribution >= 0.6 is 0 Å². The van der Waals surface area contributed by atoms with Gasteiger partial charge in [0.25, 0.3) is 0 Å². The molecule has 1 aromatic heterocycles. The molecule has 0 aliphatic rings. The molecule has 1 heterocycles. The third kappa shape index (κ3) is 4.01. The van der Waals surface area contributed by atoms with E-state index in [1.54, 1.807) is 0 Å². The molecular formula is C44H32O. The molecule has 0 aliphatic heterocycles. The van der Waals surface area contributed by atoms with Crippen LogP contribution in [0.15, 0.2) is 144 Å². The SMILES string of the molecule is CC(C)(C)c1ccc(-c2ccc3ccc4c(-c5ccc(-c6cccc7c6oc6ccccc67)cc5)ccc5ccc2c3c54)cc1. The summed E-state index contributed by atoms with van der Waals surface area (Å²) in [4.78, 5) is 0. The molecule has 0 unspecified atom stereocenters. The summed E-state index contributed by atoms with van der Waals surface area (Å²) in [7, 11) is 0. The fourth-order valence-corrected chi connectivity index (χ4v) is 7.26. The van der Waals surface area contributed by atoms with Crippen molar-refractivity contribution < 1.29 is 4.42 Å². The first-order chi connectivity index (χ1) is 21.9. The van der Waals surface area contributed by atoms with Gasteiger partial charge in [0, 0.05) is 16.3 Å². The molecule has 9 aromatic rings. The molecule has 0 bridgehead atoms. The third-order valence-electron chi connectivity index (χ3n) is 9.64. The minimum atomic E-state index is 0.135. The number of furan rings is 1. The van der Waals surface area contributed by atoms with Gasteiger partial charge in [-0.15, -0.1) is 0 Å². The lowest BCUT2D eigenvalue weighted by Crippen LogP contribution is -2.10. The van der Waals surface area contributed by atoms with Crippen LogP contribution in [0.25, 0.3) is 87.6 Å². The van der Waals surface area contributed by atoms with Gasteiger partial charge in [-0.2, -0.15) is 0 Å². The zero-order chi connectivity index (χ0) is 30.3. The Morgan fingerprint density at radius 1 is 0.400 bits per heavy atom. The van der Waals surface area contributed by atoms with Gasteiger partial charge < -0.3 is 4.42 Å². The van der Waals surface area contributed by atoms with Gasteiger partial charge in [0.2, 0.25) is 0 Å². The highest BCUT2D eigenvalue weighted by Crippen LogP contribution is 2.43. The summed E-state index contributed by atoms with van der Waals surface area (Å²) in [5, 5.41) is 10.2. The fraction of sp³-hybridized carbons (Fsp3) is 0.0909. The van der Waals surface area contributed by atoms with Crippen molar-refractivity contribution in [1.82, 2.24) is 0 Å². The second kappa shape index (κ2) is 9.55. The van der Waals surface area contributed by atoms with Crippen LogP contribution in [0.2, 0.25) is 0 Å². The van der Waals surface area contributed by atoms with Crippen molar-refractivity contribution in [1.29, 1.82) is 0 Å². The molecule has 0 amide bonds. The van der Waals surface area contributed by atoms with Gasteiger partial charge in [-0.05, 0) is 77.2 Å². The number of benzene rings is 8. The summed E-state index contributed by atoms with van der Waals surface area (Å²) in [5.74, 6) is 0. The van der Waals surface area contributed by atoms with Crippen LogP contribution in [0.5, 0.6) is 0 Å². The minimum Gasteiger partial charge on any atom is -0.455 e. The Kier molecular flexibility index (Phi) is 5.53. The maximum Gasteiger partial charge on any atom is 0.143 e. The zero-order valence-corrected chi connectivity index (χ0v) is 25.7. The Bertz CT molecular complexity index is 2540. The molecule has 8 aromatic carbocycles. The van der Waals surface area contributed by atoms with Crippen molar-refractivity contribution in [3.05, 3.63) is 145 Å². The summed E-state index contributed by atoms with van der Waals surface area (Å²) in [6, 6.07) is 51.1. The quantitative estimate of drug-likeness (QED) is 0.191. The molecule has 1 nitrogen and oxygen atoms in total. The lowest BCUT2D eigenvalue weighted by molar-refractivity contribution is 0.590. The molecule has 0 N–H and O–H groups in total. The maximum atomic E-state index is 6.34. The summed E-state index contributed by atoms with van der Waals surface area (Å²) in [6.45, 7) is 6.80. The minimum absolute atomic E-state index is 0.135. The smallest absolute Gasteiger partial charge is 0.143 e. The Morgan fingerprint density at radius 3 is 1.51 bits per heavy atom. The van der Waals surface area contributed by atoms with Crippen LogP contribution in [0.1, 0.15) is 26.3 Å². The molecule has 0 fully saturated rings. The van der Waals surface area contributed by atoms with Crippen LogP contribution in [-0.4, -0.2) is 0 Å². The van der Waals surface area contributed by atoms with Crippen LogP contribution < -0.4 is 0 Å². The van der Waals surface area contributed by atoms with E-state index in [2.05, 4.69) is 148 Å². The fourth-order valence-electron chi connectivity index (χ4n) is 7.26. The van der Waals surface area contributed by atoms with Crippen LogP contribution in [0.4, 0.5) is 0 Å². The van der Waals surface area contributed by atoms with Gasteiger partial charge in [0.1, 0.15) is 11.2 Å². The molecular weight excluding hydrogens is 544 g/mol. The van der Waals surface area contributed by atoms with E-state index < -0.39 is 0 Å². The second-order valence-corrected chi connectivity index (χ2v) is 13.3. The highest BCUT2D eigenvalue weighted by atomic mass is 16.3. The van der Waals surface area contributed by atoms with Crippen molar-refractivity contribution in [2.75, 3.05) is 0 Å². The first kappa shape index (κ1) is 26.0. The molecule has 9 rings (SSSR count). The Balaban J connectivity index is 1.17. The van der Waals surface area contributed by atoms with Crippen LogP contribution in [0, 0.1) is 0 Å². The van der Waals surface area contributed by atoms with E-state index in [-0.39, 0.29) is 5.41 Å². The zero-order valence-electron chi connectivity index (χ0n) is 25.7. The lowest BCUT2D eigenvalue weighted by atomic mass is 9.85.